The molecule has 3 aromatic rings. The van der Waals surface area contributed by atoms with Crippen LogP contribution >= 0.6 is 0 Å². The quantitative estimate of drug-likeness (QED) is 0.717. The van der Waals surface area contributed by atoms with E-state index in [0.29, 0.717) is 17.9 Å². The largest absolute Gasteiger partial charge is 0.487 e. The van der Waals surface area contributed by atoms with Crippen molar-refractivity contribution in [3.63, 3.8) is 0 Å². The van der Waals surface area contributed by atoms with Crippen LogP contribution in [0.4, 0.5) is 0 Å². The van der Waals surface area contributed by atoms with Gasteiger partial charge in [0.25, 0.3) is 5.91 Å². The van der Waals surface area contributed by atoms with Crippen LogP contribution in [0.1, 0.15) is 34.6 Å². The van der Waals surface area contributed by atoms with Gasteiger partial charge in [-0.15, -0.1) is 0 Å². The van der Waals surface area contributed by atoms with Gasteiger partial charge in [-0.2, -0.15) is 0 Å². The molecule has 0 saturated heterocycles. The average Bonchev–Trinajstić information content (AvgIpc) is 2.68. The van der Waals surface area contributed by atoms with Crippen molar-refractivity contribution in [2.75, 3.05) is 0 Å². The van der Waals surface area contributed by atoms with Gasteiger partial charge in [0.1, 0.15) is 12.4 Å². The van der Waals surface area contributed by atoms with Crippen LogP contribution in [0, 0.1) is 0 Å². The zero-order valence-corrected chi connectivity index (χ0v) is 14.3. The summed E-state index contributed by atoms with van der Waals surface area (Å²) in [7, 11) is 0. The zero-order chi connectivity index (χ0) is 18.4. The van der Waals surface area contributed by atoms with E-state index in [4.69, 9.17) is 4.74 Å². The lowest BCUT2D eigenvalue weighted by Crippen LogP contribution is -2.27. The molecular weight excluding hydrogens is 330 g/mol. The van der Waals surface area contributed by atoms with Gasteiger partial charge >= 0.3 is 0 Å². The first-order valence-corrected chi connectivity index (χ1v) is 8.24. The Morgan fingerprint density at radius 1 is 1.19 bits per heavy atom. The first-order valence-electron chi connectivity index (χ1n) is 8.24. The maximum Gasteiger partial charge on any atom is 0.253 e. The Morgan fingerprint density at radius 3 is 2.81 bits per heavy atom. The minimum Gasteiger partial charge on any atom is -0.487 e. The van der Waals surface area contributed by atoms with Crippen molar-refractivity contribution in [2.45, 2.75) is 19.6 Å². The number of nitrogens with zero attached hydrogens (tertiary/aromatic N) is 1. The molecule has 0 aliphatic heterocycles. The van der Waals surface area contributed by atoms with Gasteiger partial charge in [0.05, 0.1) is 17.3 Å². The zero-order valence-electron chi connectivity index (χ0n) is 14.3. The maximum absolute atomic E-state index is 12.3. The topological polar surface area (TPSA) is 84.1 Å². The molecule has 0 fully saturated rings. The van der Waals surface area contributed by atoms with E-state index in [2.05, 4.69) is 15.3 Å². The molecule has 26 heavy (non-hydrogen) atoms. The van der Waals surface area contributed by atoms with Crippen molar-refractivity contribution in [3.8, 4) is 5.75 Å². The van der Waals surface area contributed by atoms with Gasteiger partial charge in [0.15, 0.2) is 0 Å². The summed E-state index contributed by atoms with van der Waals surface area (Å²) < 4.78 is 5.77. The number of aromatic nitrogens is 2. The van der Waals surface area contributed by atoms with Gasteiger partial charge in [-0.25, -0.2) is 0 Å². The molecule has 0 spiro atoms. The fourth-order valence-corrected chi connectivity index (χ4v) is 2.43. The molecule has 0 aliphatic carbocycles. The SMILES string of the molecule is C[C@H](NC(=O)c1ccc(=O)[nH]c1)c1cccc(OCc2ccccn2)c1. The van der Waals surface area contributed by atoms with E-state index in [9.17, 15) is 9.59 Å². The normalized spacial score (nSPS) is 11.6. The molecule has 2 heterocycles. The highest BCUT2D eigenvalue weighted by molar-refractivity contribution is 5.94. The lowest BCUT2D eigenvalue weighted by Gasteiger charge is -2.15. The number of ether oxygens (including phenoxy) is 1. The Labute approximate surface area is 150 Å². The summed E-state index contributed by atoms with van der Waals surface area (Å²) in [5.41, 5.74) is 1.92. The fourth-order valence-electron chi connectivity index (χ4n) is 2.43. The van der Waals surface area contributed by atoms with Crippen LogP contribution in [0.15, 0.2) is 71.8 Å². The number of aromatic amines is 1. The lowest BCUT2D eigenvalue weighted by molar-refractivity contribution is 0.0939. The third-order valence-electron chi connectivity index (χ3n) is 3.86. The van der Waals surface area contributed by atoms with E-state index in [0.717, 1.165) is 11.3 Å². The molecule has 0 bridgehead atoms. The molecule has 0 aliphatic rings. The number of amides is 1. The molecule has 2 N–H and O–H groups in total. The number of pyridine rings is 2. The molecule has 1 atom stereocenters. The van der Waals surface area contributed by atoms with Gasteiger partial charge in [-0.1, -0.05) is 18.2 Å². The Balaban J connectivity index is 1.64. The highest BCUT2D eigenvalue weighted by Crippen LogP contribution is 2.20. The summed E-state index contributed by atoms with van der Waals surface area (Å²) in [6.07, 6.45) is 3.13. The van der Waals surface area contributed by atoms with Crippen LogP contribution in [-0.4, -0.2) is 15.9 Å². The van der Waals surface area contributed by atoms with Crippen molar-refractivity contribution in [3.05, 3.63) is 94.2 Å². The summed E-state index contributed by atoms with van der Waals surface area (Å²) in [6, 6.07) is 15.8. The Bertz CT molecular complexity index is 918. The molecule has 6 heteroatoms. The average molecular weight is 349 g/mol. The highest BCUT2D eigenvalue weighted by atomic mass is 16.5. The molecule has 1 amide bonds. The minimum absolute atomic E-state index is 0.215. The van der Waals surface area contributed by atoms with Crippen LogP contribution in [0.5, 0.6) is 5.75 Å². The van der Waals surface area contributed by atoms with Gasteiger partial charge in [-0.3, -0.25) is 14.6 Å². The van der Waals surface area contributed by atoms with E-state index in [1.165, 1.54) is 18.3 Å². The summed E-state index contributed by atoms with van der Waals surface area (Å²) in [4.78, 5) is 30.1. The molecule has 1 aromatic carbocycles. The second-order valence-corrected chi connectivity index (χ2v) is 5.82. The van der Waals surface area contributed by atoms with E-state index >= 15 is 0 Å². The number of H-pyrrole nitrogens is 1. The number of carbonyl (C=O) groups excluding carboxylic acids is 1. The smallest absolute Gasteiger partial charge is 0.253 e. The number of benzene rings is 1. The number of nitrogens with one attached hydrogen (secondary N) is 2. The molecule has 0 saturated carbocycles. The lowest BCUT2D eigenvalue weighted by atomic mass is 10.1. The van der Waals surface area contributed by atoms with Crippen molar-refractivity contribution in [1.29, 1.82) is 0 Å². The summed E-state index contributed by atoms with van der Waals surface area (Å²) in [5.74, 6) is 0.451. The van der Waals surface area contributed by atoms with E-state index < -0.39 is 0 Å². The monoisotopic (exact) mass is 349 g/mol. The molecule has 3 rings (SSSR count). The van der Waals surface area contributed by atoms with Gasteiger partial charge in [0.2, 0.25) is 5.56 Å². The summed E-state index contributed by atoms with van der Waals surface area (Å²) in [6.45, 7) is 2.27. The Morgan fingerprint density at radius 2 is 2.08 bits per heavy atom. The first kappa shape index (κ1) is 17.4. The van der Waals surface area contributed by atoms with Crippen molar-refractivity contribution in [1.82, 2.24) is 15.3 Å². The van der Waals surface area contributed by atoms with Gasteiger partial charge < -0.3 is 15.0 Å². The third-order valence-corrected chi connectivity index (χ3v) is 3.86. The number of carbonyl (C=O) groups is 1. The van der Waals surface area contributed by atoms with Crippen molar-refractivity contribution in [2.24, 2.45) is 0 Å². The molecular formula is C20H19N3O3. The molecule has 132 valence electrons. The minimum atomic E-state index is -0.256. The van der Waals surface area contributed by atoms with Crippen LogP contribution in [0.3, 0.4) is 0 Å². The number of hydrogen-bond acceptors (Lipinski definition) is 4. The Hall–Kier alpha value is -3.41. The Kier molecular flexibility index (Phi) is 5.43. The molecule has 2 aromatic heterocycles. The van der Waals surface area contributed by atoms with Gasteiger partial charge in [0, 0.05) is 18.5 Å². The van der Waals surface area contributed by atoms with E-state index in [-0.39, 0.29) is 17.5 Å². The standard InChI is InChI=1S/C20H19N3O3/c1-14(23-20(25)16-8-9-19(24)22-12-16)15-5-4-7-18(11-15)26-13-17-6-2-3-10-21-17/h2-12,14H,13H2,1H3,(H,22,24)(H,23,25)/t14-/m0/s1. The predicted octanol–water partition coefficient (Wildman–Crippen LogP) is 2.84. The highest BCUT2D eigenvalue weighted by Gasteiger charge is 2.12. The maximum atomic E-state index is 12.3. The van der Waals surface area contributed by atoms with Crippen LogP contribution in [-0.2, 0) is 6.61 Å². The van der Waals surface area contributed by atoms with Crippen LogP contribution in [0.25, 0.3) is 0 Å². The third kappa shape index (κ3) is 4.57. The summed E-state index contributed by atoms with van der Waals surface area (Å²) in [5, 5.41) is 2.90. The van der Waals surface area contributed by atoms with E-state index in [1.54, 1.807) is 6.20 Å². The molecule has 0 radical (unpaired) electrons. The fraction of sp³-hybridized carbons (Fsp3) is 0.150. The van der Waals surface area contributed by atoms with Crippen LogP contribution < -0.4 is 15.6 Å². The van der Waals surface area contributed by atoms with Gasteiger partial charge in [-0.05, 0) is 42.8 Å². The second-order valence-electron chi connectivity index (χ2n) is 5.82. The second kappa shape index (κ2) is 8.11. The predicted molar refractivity (Wildman–Crippen MR) is 98.0 cm³/mol. The molecule has 6 nitrogen and oxygen atoms in total. The van der Waals surface area contributed by atoms with Crippen molar-refractivity contribution < 1.29 is 9.53 Å². The van der Waals surface area contributed by atoms with Crippen LogP contribution in [0.2, 0.25) is 0 Å². The van der Waals surface area contributed by atoms with E-state index in [1.807, 2.05) is 49.4 Å². The number of rotatable bonds is 6. The molecule has 0 unspecified atom stereocenters. The summed E-state index contributed by atoms with van der Waals surface area (Å²) >= 11 is 0. The first-order chi connectivity index (χ1) is 12.6. The van der Waals surface area contributed by atoms with Crippen molar-refractivity contribution >= 4 is 5.91 Å². The number of hydrogen-bond donors (Lipinski definition) is 2.